The number of nitriles is 1. The number of rotatable bonds is 2. The lowest BCUT2D eigenvalue weighted by atomic mass is 10.1. The molecule has 0 aliphatic heterocycles. The van der Waals surface area contributed by atoms with Crippen LogP contribution in [-0.2, 0) is 0 Å². The van der Waals surface area contributed by atoms with Crippen LogP contribution in [0.3, 0.4) is 0 Å². The van der Waals surface area contributed by atoms with Crippen LogP contribution in [0.2, 0.25) is 0 Å². The van der Waals surface area contributed by atoms with Crippen molar-refractivity contribution in [3.63, 3.8) is 0 Å². The molecular weight excluding hydrogens is 250 g/mol. The van der Waals surface area contributed by atoms with E-state index in [1.807, 2.05) is 6.07 Å². The van der Waals surface area contributed by atoms with Gasteiger partial charge < -0.3 is 16.2 Å². The van der Waals surface area contributed by atoms with Crippen molar-refractivity contribution in [3.05, 3.63) is 40.8 Å². The SMILES string of the molecule is N#Cc1ccsc1NC(=O)c1cc(O)ccc1N. The van der Waals surface area contributed by atoms with Gasteiger partial charge in [-0.2, -0.15) is 5.26 Å². The quantitative estimate of drug-likeness (QED) is 0.568. The van der Waals surface area contributed by atoms with Gasteiger partial charge in [0.05, 0.1) is 11.1 Å². The van der Waals surface area contributed by atoms with Crippen molar-refractivity contribution in [3.8, 4) is 11.8 Å². The Labute approximate surface area is 107 Å². The van der Waals surface area contributed by atoms with Crippen LogP contribution >= 0.6 is 11.3 Å². The molecule has 0 spiro atoms. The zero-order chi connectivity index (χ0) is 13.1. The number of hydrogen-bond donors (Lipinski definition) is 3. The van der Waals surface area contributed by atoms with E-state index < -0.39 is 5.91 Å². The fourth-order valence-electron chi connectivity index (χ4n) is 1.41. The highest BCUT2D eigenvalue weighted by Crippen LogP contribution is 2.25. The van der Waals surface area contributed by atoms with E-state index >= 15 is 0 Å². The van der Waals surface area contributed by atoms with Crippen LogP contribution in [0, 0.1) is 11.3 Å². The van der Waals surface area contributed by atoms with Crippen molar-refractivity contribution in [2.75, 3.05) is 11.1 Å². The first-order chi connectivity index (χ1) is 8.61. The Balaban J connectivity index is 2.28. The first-order valence-electron chi connectivity index (χ1n) is 4.99. The van der Waals surface area contributed by atoms with Gasteiger partial charge in [-0.15, -0.1) is 11.3 Å². The standard InChI is InChI=1S/C12H9N3O2S/c13-6-7-3-4-18-12(7)15-11(17)9-5-8(16)1-2-10(9)14/h1-5,16H,14H2,(H,15,17). The van der Waals surface area contributed by atoms with Gasteiger partial charge in [-0.05, 0) is 29.6 Å². The summed E-state index contributed by atoms with van der Waals surface area (Å²) in [5, 5.41) is 22.9. The first-order valence-corrected chi connectivity index (χ1v) is 5.87. The van der Waals surface area contributed by atoms with Crippen molar-refractivity contribution < 1.29 is 9.90 Å². The molecule has 0 radical (unpaired) electrons. The fraction of sp³-hybridized carbons (Fsp3) is 0. The van der Waals surface area contributed by atoms with Crippen LogP contribution in [0.4, 0.5) is 10.7 Å². The van der Waals surface area contributed by atoms with E-state index in [1.165, 1.54) is 29.5 Å². The summed E-state index contributed by atoms with van der Waals surface area (Å²) >= 11 is 1.25. The Morgan fingerprint density at radius 3 is 2.94 bits per heavy atom. The molecule has 1 heterocycles. The lowest BCUT2D eigenvalue weighted by Crippen LogP contribution is -2.13. The van der Waals surface area contributed by atoms with Gasteiger partial charge in [-0.25, -0.2) is 0 Å². The lowest BCUT2D eigenvalue weighted by molar-refractivity contribution is 0.102. The summed E-state index contributed by atoms with van der Waals surface area (Å²) in [5.41, 5.74) is 6.49. The first kappa shape index (κ1) is 12.0. The number of nitrogens with two attached hydrogens (primary N) is 1. The van der Waals surface area contributed by atoms with Crippen LogP contribution in [0.1, 0.15) is 15.9 Å². The number of phenols is 1. The second-order valence-corrected chi connectivity index (χ2v) is 4.42. The minimum Gasteiger partial charge on any atom is -0.508 e. The largest absolute Gasteiger partial charge is 0.508 e. The molecule has 4 N–H and O–H groups in total. The second-order valence-electron chi connectivity index (χ2n) is 3.50. The molecular formula is C12H9N3O2S. The summed E-state index contributed by atoms with van der Waals surface area (Å²) in [6.07, 6.45) is 0. The van der Waals surface area contributed by atoms with Crippen molar-refractivity contribution in [2.24, 2.45) is 0 Å². The molecule has 2 rings (SSSR count). The van der Waals surface area contributed by atoms with E-state index in [0.717, 1.165) is 0 Å². The number of nitrogens with zero attached hydrogens (tertiary/aromatic N) is 1. The smallest absolute Gasteiger partial charge is 0.258 e. The number of anilines is 2. The lowest BCUT2D eigenvalue weighted by Gasteiger charge is -2.06. The van der Waals surface area contributed by atoms with Gasteiger partial charge in [0.1, 0.15) is 16.8 Å². The van der Waals surface area contributed by atoms with E-state index in [9.17, 15) is 9.90 Å². The van der Waals surface area contributed by atoms with Gasteiger partial charge in [-0.3, -0.25) is 4.79 Å². The van der Waals surface area contributed by atoms with Gasteiger partial charge in [0, 0.05) is 5.69 Å². The minimum absolute atomic E-state index is 0.0407. The molecule has 0 unspecified atom stereocenters. The number of carbonyl (C=O) groups excluding carboxylic acids is 1. The van der Waals surface area contributed by atoms with E-state index in [4.69, 9.17) is 11.0 Å². The average Bonchev–Trinajstić information content (AvgIpc) is 2.79. The maximum absolute atomic E-state index is 11.9. The zero-order valence-corrected chi connectivity index (χ0v) is 9.99. The van der Waals surface area contributed by atoms with Crippen LogP contribution in [0.25, 0.3) is 0 Å². The van der Waals surface area contributed by atoms with Crippen LogP contribution in [0.5, 0.6) is 5.75 Å². The summed E-state index contributed by atoms with van der Waals surface area (Å²) < 4.78 is 0. The molecule has 0 saturated heterocycles. The molecule has 0 fully saturated rings. The number of carbonyl (C=O) groups is 1. The third kappa shape index (κ3) is 2.26. The van der Waals surface area contributed by atoms with E-state index in [0.29, 0.717) is 10.6 Å². The molecule has 1 aromatic carbocycles. The third-order valence-corrected chi connectivity index (χ3v) is 3.12. The molecule has 0 aliphatic rings. The molecule has 1 aromatic heterocycles. The van der Waals surface area contributed by atoms with Crippen molar-refractivity contribution in [1.82, 2.24) is 0 Å². The number of nitrogens with one attached hydrogen (secondary N) is 1. The summed E-state index contributed by atoms with van der Waals surface area (Å²) in [7, 11) is 0. The minimum atomic E-state index is -0.456. The normalized spacial score (nSPS) is 9.72. The predicted molar refractivity (Wildman–Crippen MR) is 69.5 cm³/mol. The summed E-state index contributed by atoms with van der Waals surface area (Å²) in [6.45, 7) is 0. The molecule has 2 aromatic rings. The van der Waals surface area contributed by atoms with Gasteiger partial charge in [0.15, 0.2) is 0 Å². The molecule has 6 heteroatoms. The summed E-state index contributed by atoms with van der Waals surface area (Å²) in [6, 6.07) is 7.72. The summed E-state index contributed by atoms with van der Waals surface area (Å²) in [5.74, 6) is -0.497. The Kier molecular flexibility index (Phi) is 3.17. The molecule has 0 aliphatic carbocycles. The summed E-state index contributed by atoms with van der Waals surface area (Å²) in [4.78, 5) is 11.9. The number of benzene rings is 1. The molecule has 5 nitrogen and oxygen atoms in total. The maximum Gasteiger partial charge on any atom is 0.258 e. The Morgan fingerprint density at radius 2 is 2.22 bits per heavy atom. The van der Waals surface area contributed by atoms with Gasteiger partial charge in [0.2, 0.25) is 0 Å². The number of hydrogen-bond acceptors (Lipinski definition) is 5. The average molecular weight is 259 g/mol. The molecule has 0 saturated carbocycles. The number of thiophene rings is 1. The third-order valence-electron chi connectivity index (χ3n) is 2.29. The highest BCUT2D eigenvalue weighted by Gasteiger charge is 2.13. The van der Waals surface area contributed by atoms with Crippen molar-refractivity contribution >= 4 is 27.9 Å². The Bertz CT molecular complexity index is 643. The van der Waals surface area contributed by atoms with Gasteiger partial charge in [-0.1, -0.05) is 0 Å². The highest BCUT2D eigenvalue weighted by molar-refractivity contribution is 7.14. The Morgan fingerprint density at radius 1 is 1.44 bits per heavy atom. The topological polar surface area (TPSA) is 99.1 Å². The number of phenolic OH excluding ortho intramolecular Hbond substituents is 1. The van der Waals surface area contributed by atoms with E-state index in [1.54, 1.807) is 11.4 Å². The van der Waals surface area contributed by atoms with Crippen molar-refractivity contribution in [2.45, 2.75) is 0 Å². The van der Waals surface area contributed by atoms with Crippen LogP contribution in [-0.4, -0.2) is 11.0 Å². The Hall–Kier alpha value is -2.52. The molecule has 0 bridgehead atoms. The second kappa shape index (κ2) is 4.77. The van der Waals surface area contributed by atoms with Crippen LogP contribution in [0.15, 0.2) is 29.6 Å². The maximum atomic E-state index is 11.9. The monoisotopic (exact) mass is 259 g/mol. The number of amides is 1. The predicted octanol–water partition coefficient (Wildman–Crippen LogP) is 2.16. The van der Waals surface area contributed by atoms with Crippen LogP contribution < -0.4 is 11.1 Å². The molecule has 90 valence electrons. The fourth-order valence-corrected chi connectivity index (χ4v) is 2.14. The zero-order valence-electron chi connectivity index (χ0n) is 9.18. The van der Waals surface area contributed by atoms with Gasteiger partial charge >= 0.3 is 0 Å². The number of nitrogen functional groups attached to an aromatic ring is 1. The highest BCUT2D eigenvalue weighted by atomic mass is 32.1. The molecule has 1 amide bonds. The molecule has 18 heavy (non-hydrogen) atoms. The van der Waals surface area contributed by atoms with Gasteiger partial charge in [0.25, 0.3) is 5.91 Å². The molecule has 0 atom stereocenters. The van der Waals surface area contributed by atoms with E-state index in [-0.39, 0.29) is 17.0 Å². The van der Waals surface area contributed by atoms with Crippen molar-refractivity contribution in [1.29, 1.82) is 5.26 Å². The van der Waals surface area contributed by atoms with E-state index in [2.05, 4.69) is 5.32 Å². The number of aromatic hydroxyl groups is 1.